The molecule has 2 rings (SSSR count). The fourth-order valence-corrected chi connectivity index (χ4v) is 2.30. The van der Waals surface area contributed by atoms with Crippen molar-refractivity contribution in [3.05, 3.63) is 0 Å². The van der Waals surface area contributed by atoms with E-state index in [0.29, 0.717) is 19.3 Å². The van der Waals surface area contributed by atoms with Gasteiger partial charge in [0, 0.05) is 32.7 Å². The van der Waals surface area contributed by atoms with Crippen LogP contribution in [0.4, 0.5) is 4.79 Å². The van der Waals surface area contributed by atoms with Crippen LogP contribution in [0.25, 0.3) is 0 Å². The van der Waals surface area contributed by atoms with Gasteiger partial charge in [-0.05, 0) is 19.4 Å². The molecule has 2 fully saturated rings. The summed E-state index contributed by atoms with van der Waals surface area (Å²) < 4.78 is 5.25. The third kappa shape index (κ3) is 3.72. The molecular formula is C11H22ClN3O2. The number of hydrogen-bond acceptors (Lipinski definition) is 3. The zero-order valence-corrected chi connectivity index (χ0v) is 11.2. The SMILES string of the molecule is CN(C(=O)N1CCOCC1)[C@@H]1CCCNC1.Cl. The second-order valence-corrected chi connectivity index (χ2v) is 4.49. The average Bonchev–Trinajstić information content (AvgIpc) is 2.39. The number of rotatable bonds is 1. The number of carbonyl (C=O) groups excluding carboxylic acids is 1. The van der Waals surface area contributed by atoms with Crippen LogP contribution in [-0.4, -0.2) is 68.3 Å². The molecule has 5 nitrogen and oxygen atoms in total. The normalized spacial score (nSPS) is 25.0. The van der Waals surface area contributed by atoms with Gasteiger partial charge in [-0.2, -0.15) is 0 Å². The molecule has 0 aromatic rings. The van der Waals surface area contributed by atoms with Crippen LogP contribution < -0.4 is 5.32 Å². The first kappa shape index (κ1) is 14.5. The van der Waals surface area contributed by atoms with Gasteiger partial charge in [0.25, 0.3) is 0 Å². The molecule has 0 saturated carbocycles. The van der Waals surface area contributed by atoms with Crippen LogP contribution in [0, 0.1) is 0 Å². The number of ether oxygens (including phenoxy) is 1. The van der Waals surface area contributed by atoms with E-state index < -0.39 is 0 Å². The minimum Gasteiger partial charge on any atom is -0.378 e. The van der Waals surface area contributed by atoms with E-state index in [2.05, 4.69) is 5.32 Å². The Bertz CT molecular complexity index is 241. The Labute approximate surface area is 109 Å². The first-order valence-corrected chi connectivity index (χ1v) is 6.09. The predicted molar refractivity (Wildman–Crippen MR) is 68.7 cm³/mol. The monoisotopic (exact) mass is 263 g/mol. The maximum atomic E-state index is 12.2. The molecule has 6 heteroatoms. The lowest BCUT2D eigenvalue weighted by Gasteiger charge is -2.36. The van der Waals surface area contributed by atoms with Crippen molar-refractivity contribution in [3.8, 4) is 0 Å². The number of urea groups is 1. The van der Waals surface area contributed by atoms with Gasteiger partial charge in [0.05, 0.1) is 13.2 Å². The van der Waals surface area contributed by atoms with Gasteiger partial charge in [-0.15, -0.1) is 12.4 Å². The molecule has 0 spiro atoms. The van der Waals surface area contributed by atoms with E-state index in [1.165, 1.54) is 0 Å². The van der Waals surface area contributed by atoms with Crippen LogP contribution >= 0.6 is 12.4 Å². The van der Waals surface area contributed by atoms with Crippen molar-refractivity contribution in [1.29, 1.82) is 0 Å². The number of likely N-dealkylation sites (N-methyl/N-ethyl adjacent to an activating group) is 1. The largest absolute Gasteiger partial charge is 0.378 e. The smallest absolute Gasteiger partial charge is 0.320 e. The second kappa shape index (κ2) is 7.03. The molecule has 2 aliphatic heterocycles. The van der Waals surface area contributed by atoms with Gasteiger partial charge in [-0.25, -0.2) is 4.79 Å². The second-order valence-electron chi connectivity index (χ2n) is 4.49. The fraction of sp³-hybridized carbons (Fsp3) is 0.909. The molecule has 2 saturated heterocycles. The summed E-state index contributed by atoms with van der Waals surface area (Å²) in [6.07, 6.45) is 2.27. The number of carbonyl (C=O) groups is 1. The van der Waals surface area contributed by atoms with E-state index in [-0.39, 0.29) is 18.4 Å². The van der Waals surface area contributed by atoms with Crippen LogP contribution in [0.15, 0.2) is 0 Å². The van der Waals surface area contributed by atoms with E-state index in [4.69, 9.17) is 4.74 Å². The molecule has 1 atom stereocenters. The third-order valence-electron chi connectivity index (χ3n) is 3.40. The molecule has 2 heterocycles. The van der Waals surface area contributed by atoms with Crippen LogP contribution in [-0.2, 0) is 4.74 Å². The number of piperidine rings is 1. The van der Waals surface area contributed by atoms with Gasteiger partial charge in [0.2, 0.25) is 0 Å². The Hall–Kier alpha value is -0.520. The Balaban J connectivity index is 0.00000144. The molecule has 2 amide bonds. The third-order valence-corrected chi connectivity index (χ3v) is 3.40. The summed E-state index contributed by atoms with van der Waals surface area (Å²) in [5.41, 5.74) is 0. The zero-order chi connectivity index (χ0) is 11.4. The lowest BCUT2D eigenvalue weighted by Crippen LogP contribution is -2.53. The highest BCUT2D eigenvalue weighted by molar-refractivity contribution is 5.85. The first-order valence-electron chi connectivity index (χ1n) is 6.09. The summed E-state index contributed by atoms with van der Waals surface area (Å²) in [6, 6.07) is 0.501. The standard InChI is InChI=1S/C11H21N3O2.ClH/c1-13(10-3-2-4-12-9-10)11(15)14-5-7-16-8-6-14;/h10,12H,2-9H2,1H3;1H/t10-;/m1./s1. The van der Waals surface area contributed by atoms with E-state index in [1.807, 2.05) is 16.8 Å². The maximum absolute atomic E-state index is 12.2. The summed E-state index contributed by atoms with van der Waals surface area (Å²) in [5, 5.41) is 3.34. The molecule has 2 aliphatic rings. The minimum absolute atomic E-state index is 0. The molecule has 0 aromatic heterocycles. The van der Waals surface area contributed by atoms with E-state index in [0.717, 1.165) is 39.0 Å². The summed E-state index contributed by atoms with van der Waals surface area (Å²) in [4.78, 5) is 15.9. The molecule has 0 unspecified atom stereocenters. The van der Waals surface area contributed by atoms with E-state index >= 15 is 0 Å². The molecular weight excluding hydrogens is 242 g/mol. The van der Waals surface area contributed by atoms with E-state index in [9.17, 15) is 4.79 Å². The molecule has 0 bridgehead atoms. The summed E-state index contributed by atoms with van der Waals surface area (Å²) in [5.74, 6) is 0. The molecule has 100 valence electrons. The Kier molecular flexibility index (Phi) is 6.02. The quantitative estimate of drug-likeness (QED) is 0.751. The van der Waals surface area contributed by atoms with Crippen molar-refractivity contribution in [2.75, 3.05) is 46.4 Å². The van der Waals surface area contributed by atoms with Crippen molar-refractivity contribution < 1.29 is 9.53 Å². The number of nitrogens with one attached hydrogen (secondary N) is 1. The van der Waals surface area contributed by atoms with Gasteiger partial charge in [0.15, 0.2) is 0 Å². The number of nitrogens with zero attached hydrogens (tertiary/aromatic N) is 2. The van der Waals surface area contributed by atoms with Gasteiger partial charge in [0.1, 0.15) is 0 Å². The summed E-state index contributed by atoms with van der Waals surface area (Å²) >= 11 is 0. The van der Waals surface area contributed by atoms with Gasteiger partial charge in [-0.1, -0.05) is 0 Å². The molecule has 1 N–H and O–H groups in total. The number of amides is 2. The highest BCUT2D eigenvalue weighted by Gasteiger charge is 2.26. The van der Waals surface area contributed by atoms with Crippen LogP contribution in [0.3, 0.4) is 0 Å². The molecule has 0 radical (unpaired) electrons. The van der Waals surface area contributed by atoms with Crippen LogP contribution in [0.1, 0.15) is 12.8 Å². The van der Waals surface area contributed by atoms with E-state index in [1.54, 1.807) is 0 Å². The lowest BCUT2D eigenvalue weighted by atomic mass is 10.1. The summed E-state index contributed by atoms with van der Waals surface area (Å²) in [6.45, 7) is 4.79. The zero-order valence-electron chi connectivity index (χ0n) is 10.4. The molecule has 0 aromatic carbocycles. The van der Waals surface area contributed by atoms with Crippen LogP contribution in [0.2, 0.25) is 0 Å². The predicted octanol–water partition coefficient (Wildman–Crippen LogP) is 0.544. The Morgan fingerprint density at radius 2 is 2.12 bits per heavy atom. The fourth-order valence-electron chi connectivity index (χ4n) is 2.30. The highest BCUT2D eigenvalue weighted by Crippen LogP contribution is 2.11. The lowest BCUT2D eigenvalue weighted by molar-refractivity contribution is 0.0409. The highest BCUT2D eigenvalue weighted by atomic mass is 35.5. The summed E-state index contributed by atoms with van der Waals surface area (Å²) in [7, 11) is 1.91. The average molecular weight is 264 g/mol. The molecule has 0 aliphatic carbocycles. The Morgan fingerprint density at radius 3 is 2.71 bits per heavy atom. The number of hydrogen-bond donors (Lipinski definition) is 1. The van der Waals surface area contributed by atoms with Gasteiger partial charge in [-0.3, -0.25) is 0 Å². The maximum Gasteiger partial charge on any atom is 0.320 e. The van der Waals surface area contributed by atoms with Crippen LogP contribution in [0.5, 0.6) is 0 Å². The topological polar surface area (TPSA) is 44.8 Å². The van der Waals surface area contributed by atoms with Crippen molar-refractivity contribution in [1.82, 2.24) is 15.1 Å². The van der Waals surface area contributed by atoms with Crippen molar-refractivity contribution in [3.63, 3.8) is 0 Å². The van der Waals surface area contributed by atoms with Crippen molar-refractivity contribution >= 4 is 18.4 Å². The first-order chi connectivity index (χ1) is 7.79. The van der Waals surface area contributed by atoms with Crippen molar-refractivity contribution in [2.24, 2.45) is 0 Å². The molecule has 17 heavy (non-hydrogen) atoms. The minimum atomic E-state index is 0. The number of halogens is 1. The number of morpholine rings is 1. The van der Waals surface area contributed by atoms with Crippen molar-refractivity contribution in [2.45, 2.75) is 18.9 Å². The van der Waals surface area contributed by atoms with Gasteiger partial charge >= 0.3 is 6.03 Å². The van der Waals surface area contributed by atoms with Gasteiger partial charge < -0.3 is 19.9 Å². The Morgan fingerprint density at radius 1 is 1.41 bits per heavy atom.